The summed E-state index contributed by atoms with van der Waals surface area (Å²) in [7, 11) is 1.45. The van der Waals surface area contributed by atoms with Crippen LogP contribution in [0.15, 0.2) is 24.3 Å². The summed E-state index contributed by atoms with van der Waals surface area (Å²) in [6, 6.07) is 6.58. The molecule has 7 nitrogen and oxygen atoms in total. The van der Waals surface area contributed by atoms with Crippen LogP contribution in [0.25, 0.3) is 0 Å². The van der Waals surface area contributed by atoms with E-state index in [4.69, 9.17) is 14.5 Å². The molecule has 2 atom stereocenters. The van der Waals surface area contributed by atoms with E-state index in [9.17, 15) is 9.90 Å². The molecule has 2 aromatic rings. The summed E-state index contributed by atoms with van der Waals surface area (Å²) >= 11 is 0. The molecule has 0 amide bonds. The Kier molecular flexibility index (Phi) is 9.38. The van der Waals surface area contributed by atoms with Crippen molar-refractivity contribution < 1.29 is 23.8 Å². The number of benzene rings is 1. The third-order valence-corrected chi connectivity index (χ3v) is 7.44. The minimum Gasteiger partial charge on any atom is -0.496 e. The monoisotopic (exact) mass is 513 g/mol. The van der Waals surface area contributed by atoms with Gasteiger partial charge in [-0.05, 0) is 67.7 Å². The number of nitrogens with one attached hydrogen (secondary N) is 1. The maximum Gasteiger partial charge on any atom is 0.325 e. The van der Waals surface area contributed by atoms with Crippen LogP contribution in [-0.2, 0) is 22.4 Å². The van der Waals surface area contributed by atoms with Crippen molar-refractivity contribution >= 4 is 11.8 Å². The summed E-state index contributed by atoms with van der Waals surface area (Å²) in [5.41, 5.74) is 3.04. The second-order valence-corrected chi connectivity index (χ2v) is 10.4. The Labute approximate surface area is 219 Å². The van der Waals surface area contributed by atoms with Gasteiger partial charge in [0.05, 0.1) is 18.8 Å². The fourth-order valence-electron chi connectivity index (χ4n) is 5.40. The van der Waals surface area contributed by atoms with Gasteiger partial charge < -0.3 is 19.9 Å². The zero-order valence-corrected chi connectivity index (χ0v) is 22.3. The molecular weight excluding hydrogens is 473 g/mol. The first-order valence-electron chi connectivity index (χ1n) is 13.6. The minimum absolute atomic E-state index is 0.0578. The number of aryl methyl sites for hydroxylation is 2. The van der Waals surface area contributed by atoms with E-state index in [0.717, 1.165) is 56.6 Å². The van der Waals surface area contributed by atoms with Crippen LogP contribution in [0.5, 0.6) is 5.75 Å². The van der Waals surface area contributed by atoms with Crippen molar-refractivity contribution in [1.82, 2.24) is 9.88 Å². The van der Waals surface area contributed by atoms with E-state index in [1.165, 1.54) is 19.1 Å². The van der Waals surface area contributed by atoms with Gasteiger partial charge in [0.15, 0.2) is 0 Å². The fraction of sp³-hybridized carbons (Fsp3) is 0.586. The fourth-order valence-corrected chi connectivity index (χ4v) is 5.40. The van der Waals surface area contributed by atoms with Gasteiger partial charge in [-0.1, -0.05) is 32.4 Å². The molecule has 2 aliphatic heterocycles. The number of aliphatic carboxylic acids is 1. The van der Waals surface area contributed by atoms with Gasteiger partial charge in [0, 0.05) is 31.9 Å². The number of carboxylic acid groups (broad SMARTS) is 1. The van der Waals surface area contributed by atoms with Gasteiger partial charge >= 0.3 is 5.97 Å². The average molecular weight is 514 g/mol. The van der Waals surface area contributed by atoms with E-state index in [-0.39, 0.29) is 23.3 Å². The minimum atomic E-state index is -1.11. The van der Waals surface area contributed by atoms with E-state index in [1.807, 2.05) is 13.8 Å². The molecule has 0 aliphatic carbocycles. The number of nitrogens with zero attached hydrogens (tertiary/aromatic N) is 2. The highest BCUT2D eigenvalue weighted by molar-refractivity contribution is 5.77. The van der Waals surface area contributed by atoms with Crippen LogP contribution in [0, 0.1) is 5.82 Å². The zero-order chi connectivity index (χ0) is 26.4. The number of fused-ring (bicyclic) bond motifs is 1. The molecule has 0 spiro atoms. The predicted molar refractivity (Wildman–Crippen MR) is 142 cm³/mol. The number of halogens is 1. The summed E-state index contributed by atoms with van der Waals surface area (Å²) in [5.74, 6) is -0.317. The first-order valence-corrected chi connectivity index (χ1v) is 13.6. The highest BCUT2D eigenvalue weighted by Gasteiger charge is 2.38. The van der Waals surface area contributed by atoms with Gasteiger partial charge in [0.1, 0.15) is 23.4 Å². The summed E-state index contributed by atoms with van der Waals surface area (Å²) in [6.45, 7) is 6.41. The standard InChI is InChI=1S/C29H40FN3O4/c1-19(2)23-12-13-24(36-3)25(26(23)30)27(29(34)35)33-16-14-22(18-33)37-17-6-4-5-9-21-11-10-20-8-7-15-31-28(20)32-21/h10-13,19,22,27H,4-9,14-18H2,1-3H3,(H,31,32)(H,34,35)/t22-,27+/m1/s1. The number of hydrogen-bond acceptors (Lipinski definition) is 6. The molecular formula is C29H40FN3O4. The number of unbranched alkanes of at least 4 members (excludes halogenated alkanes) is 2. The lowest BCUT2D eigenvalue weighted by atomic mass is 9.95. The molecule has 0 saturated carbocycles. The van der Waals surface area contributed by atoms with E-state index < -0.39 is 17.8 Å². The Morgan fingerprint density at radius 1 is 1.24 bits per heavy atom. The molecule has 4 rings (SSSR count). The molecule has 37 heavy (non-hydrogen) atoms. The van der Waals surface area contributed by atoms with Gasteiger partial charge in [-0.25, -0.2) is 9.37 Å². The molecule has 1 fully saturated rings. The number of likely N-dealkylation sites (tertiary alicyclic amines) is 1. The normalized spacial score (nSPS) is 18.5. The lowest BCUT2D eigenvalue weighted by molar-refractivity contribution is -0.143. The molecule has 1 aromatic heterocycles. The van der Waals surface area contributed by atoms with Gasteiger partial charge in [-0.2, -0.15) is 0 Å². The Balaban J connectivity index is 1.26. The largest absolute Gasteiger partial charge is 0.496 e. The number of carboxylic acids is 1. The smallest absolute Gasteiger partial charge is 0.325 e. The van der Waals surface area contributed by atoms with E-state index in [0.29, 0.717) is 25.3 Å². The molecule has 2 N–H and O–H groups in total. The molecule has 1 saturated heterocycles. The molecule has 1 aromatic carbocycles. The third kappa shape index (κ3) is 6.60. The van der Waals surface area contributed by atoms with Gasteiger partial charge in [-0.15, -0.1) is 0 Å². The lowest BCUT2D eigenvalue weighted by Crippen LogP contribution is -2.34. The molecule has 2 aliphatic rings. The SMILES string of the molecule is COc1ccc(C(C)C)c(F)c1[C@@H](C(=O)O)N1CC[C@@H](OCCCCCc2ccc3c(n2)NCCC3)C1. The number of aromatic nitrogens is 1. The van der Waals surface area contributed by atoms with Crippen molar-refractivity contribution in [2.24, 2.45) is 0 Å². The number of anilines is 1. The van der Waals surface area contributed by atoms with Gasteiger partial charge in [0.2, 0.25) is 0 Å². The molecule has 3 heterocycles. The number of rotatable bonds is 12. The Bertz CT molecular complexity index is 1080. The van der Waals surface area contributed by atoms with Crippen LogP contribution in [0.2, 0.25) is 0 Å². The Hall–Kier alpha value is -2.71. The Morgan fingerprint density at radius 2 is 2.08 bits per heavy atom. The average Bonchev–Trinajstić information content (AvgIpc) is 3.34. The first-order chi connectivity index (χ1) is 17.9. The Morgan fingerprint density at radius 3 is 2.84 bits per heavy atom. The number of ether oxygens (including phenoxy) is 2. The highest BCUT2D eigenvalue weighted by atomic mass is 19.1. The zero-order valence-electron chi connectivity index (χ0n) is 22.3. The lowest BCUT2D eigenvalue weighted by Gasteiger charge is -2.27. The van der Waals surface area contributed by atoms with Crippen molar-refractivity contribution in [3.05, 3.63) is 52.5 Å². The van der Waals surface area contributed by atoms with Crippen molar-refractivity contribution in [3.8, 4) is 5.75 Å². The van der Waals surface area contributed by atoms with E-state index >= 15 is 4.39 Å². The highest BCUT2D eigenvalue weighted by Crippen LogP contribution is 2.37. The molecule has 0 unspecified atom stereocenters. The van der Waals surface area contributed by atoms with Crippen LogP contribution in [-0.4, -0.2) is 60.4 Å². The summed E-state index contributed by atoms with van der Waals surface area (Å²) in [6.07, 6.45) is 6.94. The quantitative estimate of drug-likeness (QED) is 0.371. The summed E-state index contributed by atoms with van der Waals surface area (Å²) in [4.78, 5) is 18.9. The number of hydrogen-bond donors (Lipinski definition) is 2. The van der Waals surface area contributed by atoms with Crippen LogP contribution < -0.4 is 10.1 Å². The predicted octanol–water partition coefficient (Wildman–Crippen LogP) is 5.34. The number of pyridine rings is 1. The van der Waals surface area contributed by atoms with Crippen molar-refractivity contribution in [2.45, 2.75) is 76.9 Å². The number of methoxy groups -OCH3 is 1. The maximum absolute atomic E-state index is 15.4. The second-order valence-electron chi connectivity index (χ2n) is 10.4. The topological polar surface area (TPSA) is 83.9 Å². The van der Waals surface area contributed by atoms with Crippen molar-refractivity contribution in [2.75, 3.05) is 38.7 Å². The third-order valence-electron chi connectivity index (χ3n) is 7.44. The van der Waals surface area contributed by atoms with E-state index in [2.05, 4.69) is 17.4 Å². The molecule has 8 heteroatoms. The van der Waals surface area contributed by atoms with Crippen molar-refractivity contribution in [3.63, 3.8) is 0 Å². The first kappa shape index (κ1) is 27.3. The molecule has 0 bridgehead atoms. The van der Waals surface area contributed by atoms with Crippen LogP contribution in [0.3, 0.4) is 0 Å². The maximum atomic E-state index is 15.4. The molecule has 0 radical (unpaired) electrons. The molecule has 202 valence electrons. The van der Waals surface area contributed by atoms with E-state index in [1.54, 1.807) is 17.0 Å². The van der Waals surface area contributed by atoms with Gasteiger partial charge in [0.25, 0.3) is 0 Å². The summed E-state index contributed by atoms with van der Waals surface area (Å²) in [5, 5.41) is 13.5. The second kappa shape index (κ2) is 12.7. The summed E-state index contributed by atoms with van der Waals surface area (Å²) < 4.78 is 26.9. The number of carbonyl (C=O) groups is 1. The van der Waals surface area contributed by atoms with Crippen LogP contribution >= 0.6 is 0 Å². The van der Waals surface area contributed by atoms with Crippen LogP contribution in [0.4, 0.5) is 10.2 Å². The van der Waals surface area contributed by atoms with Gasteiger partial charge in [-0.3, -0.25) is 9.69 Å². The van der Waals surface area contributed by atoms with Crippen molar-refractivity contribution in [1.29, 1.82) is 0 Å². The van der Waals surface area contributed by atoms with Crippen LogP contribution in [0.1, 0.15) is 80.3 Å².